The predicted molar refractivity (Wildman–Crippen MR) is 88.6 cm³/mol. The third-order valence-corrected chi connectivity index (χ3v) is 7.14. The zero-order valence-electron chi connectivity index (χ0n) is 13.9. The molecule has 1 saturated carbocycles. The molecule has 22 heavy (non-hydrogen) atoms. The summed E-state index contributed by atoms with van der Waals surface area (Å²) in [5.41, 5.74) is 0.930. The van der Waals surface area contributed by atoms with Crippen LogP contribution in [-0.2, 0) is 0 Å². The monoisotopic (exact) mass is 298 g/mol. The number of nitrogens with zero attached hydrogens (tertiary/aromatic N) is 1. The van der Waals surface area contributed by atoms with Gasteiger partial charge in [-0.2, -0.15) is 0 Å². The molecule has 0 amide bonds. The number of carbonyl (C=O) groups is 1. The van der Waals surface area contributed by atoms with Crippen LogP contribution < -0.4 is 0 Å². The number of ketones is 1. The molecule has 0 spiro atoms. The first-order chi connectivity index (χ1) is 10.6. The first kappa shape index (κ1) is 14.4. The lowest BCUT2D eigenvalue weighted by Crippen LogP contribution is -2.60. The molecular weight excluding hydrogens is 270 g/mol. The maximum atomic E-state index is 13.0. The molecule has 5 atom stereocenters. The minimum atomic E-state index is 0.282. The number of benzene rings is 1. The highest BCUT2D eigenvalue weighted by Crippen LogP contribution is 2.53. The smallest absolute Gasteiger partial charge is 0.166 e. The van der Waals surface area contributed by atoms with Gasteiger partial charge >= 0.3 is 0 Å². The molecule has 3 aliphatic rings. The van der Waals surface area contributed by atoms with E-state index in [9.17, 15) is 4.79 Å². The van der Waals surface area contributed by atoms with Gasteiger partial charge in [0.05, 0.1) is 26.2 Å². The lowest BCUT2D eigenvalue weighted by molar-refractivity contribution is -0.936. The number of rotatable bonds is 2. The molecular formula is C20H28NO+. The summed E-state index contributed by atoms with van der Waals surface area (Å²) in [4.78, 5) is 13.0. The summed E-state index contributed by atoms with van der Waals surface area (Å²) in [6, 6.07) is 11.6. The normalized spacial score (nSPS) is 39.3. The zero-order chi connectivity index (χ0) is 15.3. The van der Waals surface area contributed by atoms with Crippen molar-refractivity contribution in [2.45, 2.75) is 50.6 Å². The Kier molecular flexibility index (Phi) is 3.41. The maximum absolute atomic E-state index is 13.0. The Balaban J connectivity index is 1.62. The van der Waals surface area contributed by atoms with E-state index in [1.54, 1.807) is 0 Å². The average molecular weight is 298 g/mol. The minimum Gasteiger partial charge on any atom is -0.323 e. The molecule has 118 valence electrons. The van der Waals surface area contributed by atoms with Crippen molar-refractivity contribution in [1.29, 1.82) is 0 Å². The van der Waals surface area contributed by atoms with E-state index in [4.69, 9.17) is 0 Å². The van der Waals surface area contributed by atoms with Crippen LogP contribution in [0.25, 0.3) is 0 Å². The van der Waals surface area contributed by atoms with Gasteiger partial charge in [0, 0.05) is 36.7 Å². The minimum absolute atomic E-state index is 0.282. The van der Waals surface area contributed by atoms with E-state index < -0.39 is 0 Å². The van der Waals surface area contributed by atoms with Gasteiger partial charge in [0.25, 0.3) is 0 Å². The van der Waals surface area contributed by atoms with Crippen LogP contribution in [0.5, 0.6) is 0 Å². The topological polar surface area (TPSA) is 17.1 Å². The molecule has 1 aromatic carbocycles. The summed E-state index contributed by atoms with van der Waals surface area (Å²) in [6.07, 6.45) is 7.73. The summed E-state index contributed by atoms with van der Waals surface area (Å²) < 4.78 is 1.22. The van der Waals surface area contributed by atoms with Crippen LogP contribution in [0.2, 0.25) is 0 Å². The molecule has 1 aliphatic carbocycles. The van der Waals surface area contributed by atoms with Gasteiger partial charge in [0.1, 0.15) is 0 Å². The number of hydrogen-bond donors (Lipinski definition) is 0. The van der Waals surface area contributed by atoms with Gasteiger partial charge in [0.15, 0.2) is 5.78 Å². The van der Waals surface area contributed by atoms with Crippen molar-refractivity contribution in [3.05, 3.63) is 35.9 Å². The van der Waals surface area contributed by atoms with Gasteiger partial charge in [-0.3, -0.25) is 4.79 Å². The SMILES string of the molecule is C[N+]1(C)C2CCC1C1CCCC(C(=O)c3ccccc3)C1C2. The Morgan fingerprint density at radius 3 is 2.55 bits per heavy atom. The molecule has 1 aromatic rings. The van der Waals surface area contributed by atoms with Gasteiger partial charge < -0.3 is 4.48 Å². The van der Waals surface area contributed by atoms with Crippen LogP contribution >= 0.6 is 0 Å². The standard InChI is InChI=1S/C20H28NO/c1-21(2)15-11-12-19(21)16-9-6-10-17(18(16)13-15)20(22)14-7-4-3-5-8-14/h3-5,7-8,15-19H,6,9-13H2,1-2H3/q+1. The highest BCUT2D eigenvalue weighted by atomic mass is 16.1. The number of quaternary nitrogens is 1. The third-order valence-electron chi connectivity index (χ3n) is 7.14. The van der Waals surface area contributed by atoms with Crippen molar-refractivity contribution >= 4 is 5.78 Å². The Hall–Kier alpha value is -1.15. The van der Waals surface area contributed by atoms with E-state index in [2.05, 4.69) is 14.1 Å². The number of carbonyl (C=O) groups excluding carboxylic acids is 1. The van der Waals surface area contributed by atoms with Crippen molar-refractivity contribution in [2.75, 3.05) is 14.1 Å². The van der Waals surface area contributed by atoms with Crippen molar-refractivity contribution in [3.8, 4) is 0 Å². The maximum Gasteiger partial charge on any atom is 0.166 e. The summed E-state index contributed by atoms with van der Waals surface area (Å²) >= 11 is 0. The highest BCUT2D eigenvalue weighted by molar-refractivity contribution is 5.98. The molecule has 0 N–H and O–H groups in total. The Morgan fingerprint density at radius 1 is 1.00 bits per heavy atom. The summed E-state index contributed by atoms with van der Waals surface area (Å²) in [5, 5.41) is 0. The second-order valence-electron chi connectivity index (χ2n) is 8.26. The average Bonchev–Trinajstić information content (AvgIpc) is 2.72. The highest BCUT2D eigenvalue weighted by Gasteiger charge is 2.57. The number of hydrogen-bond acceptors (Lipinski definition) is 1. The lowest BCUT2D eigenvalue weighted by Gasteiger charge is -2.52. The van der Waals surface area contributed by atoms with E-state index in [0.717, 1.165) is 30.0 Å². The third kappa shape index (κ3) is 2.07. The van der Waals surface area contributed by atoms with Crippen LogP contribution in [0, 0.1) is 17.8 Å². The Labute approximate surface area is 134 Å². The van der Waals surface area contributed by atoms with Gasteiger partial charge in [0.2, 0.25) is 0 Å². The van der Waals surface area contributed by atoms with Crippen molar-refractivity contribution < 1.29 is 9.28 Å². The summed E-state index contributed by atoms with van der Waals surface area (Å²) in [7, 11) is 4.86. The quantitative estimate of drug-likeness (QED) is 0.597. The number of fused-ring (bicyclic) bond motifs is 4. The Bertz CT molecular complexity index is 564. The van der Waals surface area contributed by atoms with Gasteiger partial charge in [-0.1, -0.05) is 36.8 Å². The van der Waals surface area contributed by atoms with E-state index in [0.29, 0.717) is 11.7 Å². The summed E-state index contributed by atoms with van der Waals surface area (Å²) in [6.45, 7) is 0. The molecule has 2 bridgehead atoms. The van der Waals surface area contributed by atoms with Crippen LogP contribution in [0.15, 0.2) is 30.3 Å². The van der Waals surface area contributed by atoms with E-state index >= 15 is 0 Å². The number of piperidine rings is 1. The van der Waals surface area contributed by atoms with E-state index in [1.165, 1.54) is 36.6 Å². The molecule has 2 heterocycles. The molecule has 5 unspecified atom stereocenters. The van der Waals surface area contributed by atoms with Gasteiger partial charge in [-0.15, -0.1) is 0 Å². The Morgan fingerprint density at radius 2 is 1.77 bits per heavy atom. The molecule has 2 heteroatoms. The fourth-order valence-electron chi connectivity index (χ4n) is 5.97. The van der Waals surface area contributed by atoms with Crippen molar-refractivity contribution in [3.63, 3.8) is 0 Å². The molecule has 0 radical (unpaired) electrons. The molecule has 3 fully saturated rings. The fraction of sp³-hybridized carbons (Fsp3) is 0.650. The fourth-order valence-corrected chi connectivity index (χ4v) is 5.97. The predicted octanol–water partition coefficient (Wildman–Crippen LogP) is 3.91. The van der Waals surface area contributed by atoms with Crippen LogP contribution in [-0.4, -0.2) is 36.4 Å². The van der Waals surface area contributed by atoms with Gasteiger partial charge in [-0.25, -0.2) is 0 Å². The molecule has 2 nitrogen and oxygen atoms in total. The molecule has 4 rings (SSSR count). The van der Waals surface area contributed by atoms with Crippen LogP contribution in [0.4, 0.5) is 0 Å². The first-order valence-electron chi connectivity index (χ1n) is 9.01. The lowest BCUT2D eigenvalue weighted by atomic mass is 9.63. The molecule has 2 aliphatic heterocycles. The van der Waals surface area contributed by atoms with Crippen molar-refractivity contribution in [1.82, 2.24) is 0 Å². The van der Waals surface area contributed by atoms with Crippen LogP contribution in [0.3, 0.4) is 0 Å². The zero-order valence-corrected chi connectivity index (χ0v) is 13.9. The van der Waals surface area contributed by atoms with Crippen molar-refractivity contribution in [2.24, 2.45) is 17.8 Å². The van der Waals surface area contributed by atoms with Gasteiger partial charge in [-0.05, 0) is 18.8 Å². The molecule has 0 aromatic heterocycles. The second kappa shape index (κ2) is 5.19. The van der Waals surface area contributed by atoms with E-state index in [1.807, 2.05) is 30.3 Å². The second-order valence-corrected chi connectivity index (χ2v) is 8.26. The first-order valence-corrected chi connectivity index (χ1v) is 9.01. The molecule has 2 saturated heterocycles. The largest absolute Gasteiger partial charge is 0.323 e. The summed E-state index contributed by atoms with van der Waals surface area (Å²) in [5.74, 6) is 2.12. The number of Topliss-reactive ketones (excluding diaryl/α,β-unsaturated/α-hetero) is 1. The van der Waals surface area contributed by atoms with E-state index in [-0.39, 0.29) is 5.92 Å². The van der Waals surface area contributed by atoms with Crippen LogP contribution in [0.1, 0.15) is 48.9 Å².